The number of hydrogen-bond donors (Lipinski definition) is 0. The Bertz CT molecular complexity index is 751. The second-order valence-corrected chi connectivity index (χ2v) is 7.41. The SMILES string of the molecule is Fc1ccccc1CC(Br)c1csc2c(Br)cccc12. The third-order valence-electron chi connectivity index (χ3n) is 3.28. The molecule has 2 aromatic carbocycles. The number of fused-ring (bicyclic) bond motifs is 1. The first-order valence-corrected chi connectivity index (χ1v) is 8.78. The van der Waals surface area contributed by atoms with E-state index in [-0.39, 0.29) is 10.6 Å². The van der Waals surface area contributed by atoms with Gasteiger partial charge in [0.15, 0.2) is 0 Å². The maximum absolute atomic E-state index is 13.7. The van der Waals surface area contributed by atoms with Crippen molar-refractivity contribution in [2.45, 2.75) is 11.2 Å². The first-order chi connectivity index (χ1) is 9.66. The molecule has 0 saturated heterocycles. The Labute approximate surface area is 137 Å². The van der Waals surface area contributed by atoms with Crippen molar-refractivity contribution in [3.8, 4) is 0 Å². The molecule has 1 heterocycles. The van der Waals surface area contributed by atoms with Crippen LogP contribution in [-0.4, -0.2) is 0 Å². The molecule has 3 aromatic rings. The van der Waals surface area contributed by atoms with Gasteiger partial charge in [-0.15, -0.1) is 11.3 Å². The normalized spacial score (nSPS) is 12.8. The fraction of sp³-hybridized carbons (Fsp3) is 0.125. The standard InChI is InChI=1S/C16H11Br2FS/c17-13-6-3-5-11-12(9-20-16(11)13)14(18)8-10-4-1-2-7-15(10)19/h1-7,9,14H,8H2. The molecular weight excluding hydrogens is 403 g/mol. The molecule has 0 saturated carbocycles. The van der Waals surface area contributed by atoms with Crippen molar-refractivity contribution in [2.24, 2.45) is 0 Å². The van der Waals surface area contributed by atoms with Gasteiger partial charge in [-0.05, 0) is 56.4 Å². The van der Waals surface area contributed by atoms with Gasteiger partial charge in [-0.2, -0.15) is 0 Å². The van der Waals surface area contributed by atoms with E-state index in [4.69, 9.17) is 0 Å². The summed E-state index contributed by atoms with van der Waals surface area (Å²) in [6, 6.07) is 13.1. The van der Waals surface area contributed by atoms with E-state index < -0.39 is 0 Å². The molecule has 0 spiro atoms. The van der Waals surface area contributed by atoms with E-state index in [2.05, 4.69) is 43.3 Å². The highest BCUT2D eigenvalue weighted by molar-refractivity contribution is 9.10. The zero-order valence-electron chi connectivity index (χ0n) is 10.4. The second kappa shape index (κ2) is 5.96. The average Bonchev–Trinajstić information content (AvgIpc) is 2.87. The Kier molecular flexibility index (Phi) is 4.24. The van der Waals surface area contributed by atoms with Gasteiger partial charge >= 0.3 is 0 Å². The van der Waals surface area contributed by atoms with Crippen LogP contribution in [0.3, 0.4) is 0 Å². The Morgan fingerprint density at radius 2 is 1.90 bits per heavy atom. The van der Waals surface area contributed by atoms with E-state index in [1.165, 1.54) is 21.7 Å². The second-order valence-electron chi connectivity index (χ2n) is 4.57. The summed E-state index contributed by atoms with van der Waals surface area (Å²) in [5.41, 5.74) is 1.96. The lowest BCUT2D eigenvalue weighted by atomic mass is 10.0. The summed E-state index contributed by atoms with van der Waals surface area (Å²) in [7, 11) is 0. The molecule has 102 valence electrons. The van der Waals surface area contributed by atoms with E-state index in [9.17, 15) is 4.39 Å². The molecule has 0 amide bonds. The summed E-state index contributed by atoms with van der Waals surface area (Å²) in [6.45, 7) is 0. The molecule has 0 radical (unpaired) electrons. The largest absolute Gasteiger partial charge is 0.207 e. The van der Waals surface area contributed by atoms with Crippen LogP contribution in [0.2, 0.25) is 0 Å². The summed E-state index contributed by atoms with van der Waals surface area (Å²) >= 11 is 8.99. The van der Waals surface area contributed by atoms with Crippen LogP contribution >= 0.6 is 43.2 Å². The minimum atomic E-state index is -0.141. The smallest absolute Gasteiger partial charge is 0.126 e. The molecule has 3 rings (SSSR count). The van der Waals surface area contributed by atoms with E-state index >= 15 is 0 Å². The van der Waals surface area contributed by atoms with Crippen LogP contribution in [0.15, 0.2) is 52.3 Å². The quantitative estimate of drug-likeness (QED) is 0.431. The number of halogens is 3. The Balaban J connectivity index is 1.95. The molecule has 1 aromatic heterocycles. The average molecular weight is 414 g/mol. The van der Waals surface area contributed by atoms with Crippen LogP contribution in [0.1, 0.15) is 16.0 Å². The van der Waals surface area contributed by atoms with Crippen LogP contribution in [0.4, 0.5) is 4.39 Å². The molecule has 0 fully saturated rings. The van der Waals surface area contributed by atoms with Gasteiger partial charge in [-0.1, -0.05) is 46.3 Å². The van der Waals surface area contributed by atoms with Crippen LogP contribution in [0.25, 0.3) is 10.1 Å². The van der Waals surface area contributed by atoms with Crippen molar-refractivity contribution in [1.82, 2.24) is 0 Å². The number of benzene rings is 2. The van der Waals surface area contributed by atoms with Crippen LogP contribution in [0.5, 0.6) is 0 Å². The zero-order valence-corrected chi connectivity index (χ0v) is 14.4. The van der Waals surface area contributed by atoms with Gasteiger partial charge in [0.05, 0.1) is 0 Å². The predicted molar refractivity (Wildman–Crippen MR) is 91.3 cm³/mol. The van der Waals surface area contributed by atoms with Gasteiger partial charge < -0.3 is 0 Å². The van der Waals surface area contributed by atoms with Crippen LogP contribution < -0.4 is 0 Å². The van der Waals surface area contributed by atoms with Crippen molar-refractivity contribution < 1.29 is 4.39 Å². The third kappa shape index (κ3) is 2.69. The number of hydrogen-bond acceptors (Lipinski definition) is 1. The zero-order chi connectivity index (χ0) is 14.1. The Morgan fingerprint density at radius 1 is 1.10 bits per heavy atom. The predicted octanol–water partition coefficient (Wildman–Crippen LogP) is 6.48. The highest BCUT2D eigenvalue weighted by Crippen LogP contribution is 2.39. The minimum Gasteiger partial charge on any atom is -0.207 e. The highest BCUT2D eigenvalue weighted by Gasteiger charge is 2.16. The van der Waals surface area contributed by atoms with E-state index in [1.807, 2.05) is 24.3 Å². The first-order valence-electron chi connectivity index (χ1n) is 6.20. The summed E-state index contributed by atoms with van der Waals surface area (Å²) in [6.07, 6.45) is 0.644. The molecule has 0 aliphatic rings. The van der Waals surface area contributed by atoms with Gasteiger partial charge in [0.1, 0.15) is 5.82 Å². The molecular formula is C16H11Br2FS. The number of alkyl halides is 1. The molecule has 0 nitrogen and oxygen atoms in total. The van der Waals surface area contributed by atoms with Crippen molar-refractivity contribution in [3.05, 3.63) is 69.3 Å². The monoisotopic (exact) mass is 412 g/mol. The van der Waals surface area contributed by atoms with Crippen molar-refractivity contribution in [3.63, 3.8) is 0 Å². The van der Waals surface area contributed by atoms with Gasteiger partial charge in [-0.25, -0.2) is 4.39 Å². The molecule has 0 aliphatic heterocycles. The first kappa shape index (κ1) is 14.2. The molecule has 1 atom stereocenters. The van der Waals surface area contributed by atoms with Gasteiger partial charge in [0.25, 0.3) is 0 Å². The van der Waals surface area contributed by atoms with Gasteiger partial charge in [0.2, 0.25) is 0 Å². The fourth-order valence-electron chi connectivity index (χ4n) is 2.25. The van der Waals surface area contributed by atoms with Crippen LogP contribution in [0, 0.1) is 5.82 Å². The Hall–Kier alpha value is -0.710. The lowest BCUT2D eigenvalue weighted by molar-refractivity contribution is 0.608. The maximum Gasteiger partial charge on any atom is 0.126 e. The maximum atomic E-state index is 13.7. The minimum absolute atomic E-state index is 0.113. The summed E-state index contributed by atoms with van der Waals surface area (Å²) < 4.78 is 16.1. The third-order valence-corrected chi connectivity index (χ3v) is 6.06. The van der Waals surface area contributed by atoms with Crippen molar-refractivity contribution in [1.29, 1.82) is 0 Å². The summed E-state index contributed by atoms with van der Waals surface area (Å²) in [5.74, 6) is -0.141. The highest BCUT2D eigenvalue weighted by atomic mass is 79.9. The van der Waals surface area contributed by atoms with E-state index in [0.29, 0.717) is 6.42 Å². The topological polar surface area (TPSA) is 0 Å². The van der Waals surface area contributed by atoms with Gasteiger partial charge in [0, 0.05) is 14.0 Å². The van der Waals surface area contributed by atoms with E-state index in [1.54, 1.807) is 17.4 Å². The van der Waals surface area contributed by atoms with Gasteiger partial charge in [-0.3, -0.25) is 0 Å². The summed E-state index contributed by atoms with van der Waals surface area (Å²) in [4.78, 5) is 0.113. The number of rotatable bonds is 3. The molecule has 20 heavy (non-hydrogen) atoms. The number of thiophene rings is 1. The molecule has 0 aliphatic carbocycles. The Morgan fingerprint density at radius 3 is 2.70 bits per heavy atom. The molecule has 0 N–H and O–H groups in total. The van der Waals surface area contributed by atoms with Crippen molar-refractivity contribution >= 4 is 53.3 Å². The van der Waals surface area contributed by atoms with Crippen LogP contribution in [-0.2, 0) is 6.42 Å². The molecule has 4 heteroatoms. The lowest BCUT2D eigenvalue weighted by Gasteiger charge is -2.10. The molecule has 0 bridgehead atoms. The lowest BCUT2D eigenvalue weighted by Crippen LogP contribution is -1.97. The summed E-state index contributed by atoms with van der Waals surface area (Å²) in [5, 5.41) is 3.37. The van der Waals surface area contributed by atoms with Crippen molar-refractivity contribution in [2.75, 3.05) is 0 Å². The van der Waals surface area contributed by atoms with E-state index in [0.717, 1.165) is 10.0 Å². The molecule has 1 unspecified atom stereocenters. The fourth-order valence-corrected chi connectivity index (χ4v) is 4.83.